The molecule has 3 aromatic rings. The van der Waals surface area contributed by atoms with Crippen molar-refractivity contribution in [3.8, 4) is 0 Å². The van der Waals surface area contributed by atoms with Gasteiger partial charge in [-0.1, -0.05) is 36.4 Å². The Morgan fingerprint density at radius 3 is 2.76 bits per heavy atom. The predicted molar refractivity (Wildman–Crippen MR) is 79.9 cm³/mol. The summed E-state index contributed by atoms with van der Waals surface area (Å²) >= 11 is 0. The van der Waals surface area contributed by atoms with Crippen molar-refractivity contribution in [1.82, 2.24) is 5.32 Å². The van der Waals surface area contributed by atoms with Crippen LogP contribution in [0.4, 0.5) is 0 Å². The van der Waals surface area contributed by atoms with Gasteiger partial charge in [0.1, 0.15) is 0 Å². The molecule has 4 nitrogen and oxygen atoms in total. The van der Waals surface area contributed by atoms with Gasteiger partial charge in [0.2, 0.25) is 0 Å². The maximum Gasteiger partial charge on any atom is 0.252 e. The van der Waals surface area contributed by atoms with Gasteiger partial charge in [-0.05, 0) is 22.9 Å². The maximum atomic E-state index is 12.3. The van der Waals surface area contributed by atoms with Gasteiger partial charge in [0, 0.05) is 17.7 Å². The zero-order chi connectivity index (χ0) is 14.7. The van der Waals surface area contributed by atoms with Crippen molar-refractivity contribution in [2.24, 2.45) is 0 Å². The maximum absolute atomic E-state index is 12.3. The van der Waals surface area contributed by atoms with E-state index in [1.165, 1.54) is 12.5 Å². The molecule has 1 amide bonds. The summed E-state index contributed by atoms with van der Waals surface area (Å²) in [6.07, 6.45) is 2.18. The molecule has 0 aliphatic heterocycles. The lowest BCUT2D eigenvalue weighted by Crippen LogP contribution is -2.28. The molecule has 2 aromatic carbocycles. The second kappa shape index (κ2) is 5.81. The summed E-state index contributed by atoms with van der Waals surface area (Å²) in [7, 11) is 0. The third-order valence-corrected chi connectivity index (χ3v) is 3.42. The van der Waals surface area contributed by atoms with Crippen LogP contribution in [0.25, 0.3) is 10.8 Å². The van der Waals surface area contributed by atoms with Crippen LogP contribution in [0, 0.1) is 0 Å². The summed E-state index contributed by atoms with van der Waals surface area (Å²) in [5.41, 5.74) is 1.25. The smallest absolute Gasteiger partial charge is 0.252 e. The standard InChI is InChI=1S/C17H15NO3/c19-16(13-8-9-21-11-13)10-18-17(20)15-7-3-5-12-4-1-2-6-14(12)15/h1-9,11,16,19H,10H2,(H,18,20)/t16-/m0/s1. The highest BCUT2D eigenvalue weighted by molar-refractivity contribution is 6.06. The van der Waals surface area contributed by atoms with Crippen LogP contribution in [-0.4, -0.2) is 17.6 Å². The molecule has 106 valence electrons. The molecule has 0 saturated carbocycles. The lowest BCUT2D eigenvalue weighted by Gasteiger charge is -2.11. The fraction of sp³-hybridized carbons (Fsp3) is 0.118. The summed E-state index contributed by atoms with van der Waals surface area (Å²) < 4.78 is 4.91. The lowest BCUT2D eigenvalue weighted by atomic mass is 10.0. The van der Waals surface area contributed by atoms with Crippen LogP contribution in [0.2, 0.25) is 0 Å². The Labute approximate surface area is 122 Å². The molecule has 0 saturated heterocycles. The monoisotopic (exact) mass is 281 g/mol. The quantitative estimate of drug-likeness (QED) is 0.773. The van der Waals surface area contributed by atoms with Crippen molar-refractivity contribution in [1.29, 1.82) is 0 Å². The number of fused-ring (bicyclic) bond motifs is 1. The Hall–Kier alpha value is -2.59. The van der Waals surface area contributed by atoms with Crippen LogP contribution in [0.15, 0.2) is 65.5 Å². The Morgan fingerprint density at radius 1 is 1.14 bits per heavy atom. The second-order valence-corrected chi connectivity index (χ2v) is 4.81. The van der Waals surface area contributed by atoms with Crippen LogP contribution < -0.4 is 5.32 Å². The molecule has 0 aliphatic rings. The zero-order valence-corrected chi connectivity index (χ0v) is 11.3. The molecule has 3 rings (SSSR count). The molecule has 1 atom stereocenters. The van der Waals surface area contributed by atoms with Crippen LogP contribution in [-0.2, 0) is 0 Å². The molecule has 0 unspecified atom stereocenters. The average Bonchev–Trinajstić information content (AvgIpc) is 3.06. The molecule has 21 heavy (non-hydrogen) atoms. The minimum Gasteiger partial charge on any atom is -0.472 e. The number of nitrogens with one attached hydrogen (secondary N) is 1. The highest BCUT2D eigenvalue weighted by Crippen LogP contribution is 2.18. The van der Waals surface area contributed by atoms with Crippen molar-refractivity contribution in [2.45, 2.75) is 6.10 Å². The SMILES string of the molecule is O=C(NC[C@H](O)c1ccoc1)c1cccc2ccccc12. The van der Waals surface area contributed by atoms with E-state index >= 15 is 0 Å². The van der Waals surface area contributed by atoms with Crippen LogP contribution in [0.5, 0.6) is 0 Å². The van der Waals surface area contributed by atoms with Crippen molar-refractivity contribution in [3.05, 3.63) is 72.2 Å². The van der Waals surface area contributed by atoms with Crippen LogP contribution in [0.3, 0.4) is 0 Å². The van der Waals surface area contributed by atoms with Gasteiger partial charge < -0.3 is 14.8 Å². The third kappa shape index (κ3) is 2.80. The van der Waals surface area contributed by atoms with E-state index in [9.17, 15) is 9.90 Å². The molecule has 0 spiro atoms. The number of carbonyl (C=O) groups excluding carboxylic acids is 1. The number of rotatable bonds is 4. The average molecular weight is 281 g/mol. The Morgan fingerprint density at radius 2 is 1.95 bits per heavy atom. The summed E-state index contributed by atoms with van der Waals surface area (Å²) in [5.74, 6) is -0.200. The summed E-state index contributed by atoms with van der Waals surface area (Å²) in [4.78, 5) is 12.3. The molecule has 0 radical (unpaired) electrons. The van der Waals surface area contributed by atoms with Crippen LogP contribution >= 0.6 is 0 Å². The minimum atomic E-state index is -0.775. The molecule has 1 aromatic heterocycles. The highest BCUT2D eigenvalue weighted by Gasteiger charge is 2.13. The van der Waals surface area contributed by atoms with Crippen molar-refractivity contribution < 1.29 is 14.3 Å². The number of aliphatic hydroxyl groups excluding tert-OH is 1. The predicted octanol–water partition coefficient (Wildman–Crippen LogP) is 2.90. The molecule has 0 fully saturated rings. The first-order chi connectivity index (χ1) is 10.3. The molecule has 4 heteroatoms. The van der Waals surface area contributed by atoms with E-state index < -0.39 is 6.10 Å². The van der Waals surface area contributed by atoms with E-state index in [0.717, 1.165) is 10.8 Å². The number of hydrogen-bond donors (Lipinski definition) is 2. The molecular weight excluding hydrogens is 266 g/mol. The molecule has 1 heterocycles. The Bertz CT molecular complexity index is 744. The fourth-order valence-electron chi connectivity index (χ4n) is 2.29. The van der Waals surface area contributed by atoms with Crippen molar-refractivity contribution in [2.75, 3.05) is 6.54 Å². The molecule has 0 bridgehead atoms. The Kier molecular flexibility index (Phi) is 3.71. The number of amides is 1. The second-order valence-electron chi connectivity index (χ2n) is 4.81. The van der Waals surface area contributed by atoms with Gasteiger partial charge in [-0.15, -0.1) is 0 Å². The summed E-state index contributed by atoms with van der Waals surface area (Å²) in [6, 6.07) is 15.0. The van der Waals surface area contributed by atoms with Gasteiger partial charge in [-0.3, -0.25) is 4.79 Å². The third-order valence-electron chi connectivity index (χ3n) is 3.42. The number of benzene rings is 2. The van der Waals surface area contributed by atoms with Gasteiger partial charge in [-0.2, -0.15) is 0 Å². The van der Waals surface area contributed by atoms with Gasteiger partial charge in [0.15, 0.2) is 0 Å². The minimum absolute atomic E-state index is 0.140. The zero-order valence-electron chi connectivity index (χ0n) is 11.3. The normalized spacial score (nSPS) is 12.2. The van der Waals surface area contributed by atoms with E-state index in [1.807, 2.05) is 36.4 Å². The number of carbonyl (C=O) groups is 1. The molecular formula is C17H15NO3. The molecule has 0 aliphatic carbocycles. The highest BCUT2D eigenvalue weighted by atomic mass is 16.3. The summed E-state index contributed by atoms with van der Waals surface area (Å²) in [5, 5.41) is 14.6. The van der Waals surface area contributed by atoms with Gasteiger partial charge in [0.05, 0.1) is 18.6 Å². The first-order valence-corrected chi connectivity index (χ1v) is 6.72. The van der Waals surface area contributed by atoms with E-state index in [0.29, 0.717) is 11.1 Å². The van der Waals surface area contributed by atoms with E-state index in [-0.39, 0.29) is 12.5 Å². The van der Waals surface area contributed by atoms with Crippen LogP contribution in [0.1, 0.15) is 22.0 Å². The lowest BCUT2D eigenvalue weighted by molar-refractivity contribution is 0.0917. The number of aliphatic hydroxyl groups is 1. The van der Waals surface area contributed by atoms with Gasteiger partial charge >= 0.3 is 0 Å². The van der Waals surface area contributed by atoms with E-state index in [2.05, 4.69) is 5.32 Å². The van der Waals surface area contributed by atoms with E-state index in [1.54, 1.807) is 12.1 Å². The van der Waals surface area contributed by atoms with E-state index in [4.69, 9.17) is 4.42 Å². The first kappa shape index (κ1) is 13.4. The number of hydrogen-bond acceptors (Lipinski definition) is 3. The Balaban J connectivity index is 1.75. The first-order valence-electron chi connectivity index (χ1n) is 6.72. The van der Waals surface area contributed by atoms with Gasteiger partial charge in [-0.25, -0.2) is 0 Å². The van der Waals surface area contributed by atoms with Gasteiger partial charge in [0.25, 0.3) is 5.91 Å². The van der Waals surface area contributed by atoms with Crippen molar-refractivity contribution >= 4 is 16.7 Å². The fourth-order valence-corrected chi connectivity index (χ4v) is 2.29. The number of furan rings is 1. The topological polar surface area (TPSA) is 62.5 Å². The summed E-state index contributed by atoms with van der Waals surface area (Å²) in [6.45, 7) is 0.140. The largest absolute Gasteiger partial charge is 0.472 e. The van der Waals surface area contributed by atoms with Crippen molar-refractivity contribution in [3.63, 3.8) is 0 Å². The molecule has 2 N–H and O–H groups in total.